The van der Waals surface area contributed by atoms with Gasteiger partial charge in [-0.05, 0) is 35.4 Å². The molecule has 2 aromatic heterocycles. The smallest absolute Gasteiger partial charge is 0.253 e. The van der Waals surface area contributed by atoms with Crippen LogP contribution in [0.4, 0.5) is 5.69 Å². The van der Waals surface area contributed by atoms with Gasteiger partial charge in [0.15, 0.2) is 11.5 Å². The van der Waals surface area contributed by atoms with Crippen LogP contribution in [0.2, 0.25) is 0 Å². The lowest BCUT2D eigenvalue weighted by molar-refractivity contribution is 0.0950. The predicted molar refractivity (Wildman–Crippen MR) is 99.5 cm³/mol. The van der Waals surface area contributed by atoms with Crippen LogP contribution in [0.5, 0.6) is 11.5 Å². The molecule has 3 aromatic rings. The van der Waals surface area contributed by atoms with Crippen LogP contribution < -0.4 is 20.1 Å². The molecule has 1 aliphatic rings. The summed E-state index contributed by atoms with van der Waals surface area (Å²) in [7, 11) is 0. The number of carbonyl (C=O) groups is 1. The molecule has 0 atom stereocenters. The number of nitrogens with one attached hydrogen (secondary N) is 2. The summed E-state index contributed by atoms with van der Waals surface area (Å²) in [6.45, 7) is 1.23. The first-order valence-electron chi connectivity index (χ1n) is 8.52. The van der Waals surface area contributed by atoms with E-state index in [1.165, 1.54) is 0 Å². The minimum absolute atomic E-state index is 0.190. The normalized spacial score (nSPS) is 11.9. The van der Waals surface area contributed by atoms with E-state index in [-0.39, 0.29) is 12.7 Å². The van der Waals surface area contributed by atoms with Gasteiger partial charge in [-0.1, -0.05) is 12.1 Å². The van der Waals surface area contributed by atoms with Crippen LogP contribution in [0, 0.1) is 0 Å². The van der Waals surface area contributed by atoms with Crippen LogP contribution in [0.15, 0.2) is 61.2 Å². The van der Waals surface area contributed by atoms with Crippen LogP contribution in [-0.4, -0.2) is 22.7 Å². The van der Waals surface area contributed by atoms with Gasteiger partial charge in [0.1, 0.15) is 0 Å². The molecule has 7 heteroatoms. The van der Waals surface area contributed by atoms with E-state index >= 15 is 0 Å². The second-order valence-corrected chi connectivity index (χ2v) is 6.05. The second kappa shape index (κ2) is 7.74. The molecule has 1 aromatic carbocycles. The zero-order chi connectivity index (χ0) is 18.5. The number of aromatic nitrogens is 2. The first-order chi connectivity index (χ1) is 13.3. The zero-order valence-electron chi connectivity index (χ0n) is 14.5. The fourth-order valence-corrected chi connectivity index (χ4v) is 2.70. The van der Waals surface area contributed by atoms with E-state index < -0.39 is 0 Å². The topological polar surface area (TPSA) is 85.4 Å². The number of hydrogen-bond donors (Lipinski definition) is 2. The van der Waals surface area contributed by atoms with E-state index in [1.807, 2.05) is 30.3 Å². The van der Waals surface area contributed by atoms with Crippen molar-refractivity contribution in [3.8, 4) is 11.5 Å². The molecule has 136 valence electrons. The first-order valence-corrected chi connectivity index (χ1v) is 8.52. The number of carbonyl (C=O) groups excluding carboxylic acids is 1. The number of benzene rings is 1. The number of rotatable bonds is 6. The Balaban J connectivity index is 1.36. The molecule has 0 bridgehead atoms. The monoisotopic (exact) mass is 362 g/mol. The van der Waals surface area contributed by atoms with E-state index in [1.54, 1.807) is 30.9 Å². The summed E-state index contributed by atoms with van der Waals surface area (Å²) >= 11 is 0. The highest BCUT2D eigenvalue weighted by Crippen LogP contribution is 2.32. The minimum Gasteiger partial charge on any atom is -0.454 e. The number of nitrogens with zero attached hydrogens (tertiary/aromatic N) is 2. The van der Waals surface area contributed by atoms with Crippen LogP contribution in [0.25, 0.3) is 0 Å². The van der Waals surface area contributed by atoms with Gasteiger partial charge >= 0.3 is 0 Å². The minimum atomic E-state index is -0.190. The Hall–Kier alpha value is -3.61. The molecule has 0 unspecified atom stereocenters. The van der Waals surface area contributed by atoms with Crippen molar-refractivity contribution in [1.82, 2.24) is 15.3 Å². The summed E-state index contributed by atoms with van der Waals surface area (Å²) in [6, 6.07) is 11.3. The summed E-state index contributed by atoms with van der Waals surface area (Å²) in [5.41, 5.74) is 3.25. The summed E-state index contributed by atoms with van der Waals surface area (Å²) < 4.78 is 10.6. The Bertz CT molecular complexity index is 947. The summed E-state index contributed by atoms with van der Waals surface area (Å²) in [4.78, 5) is 20.7. The number of anilines is 1. The van der Waals surface area contributed by atoms with Crippen molar-refractivity contribution >= 4 is 11.6 Å². The summed E-state index contributed by atoms with van der Waals surface area (Å²) in [6.07, 6.45) is 6.76. The van der Waals surface area contributed by atoms with Crippen molar-refractivity contribution < 1.29 is 14.3 Å². The molecule has 2 N–H and O–H groups in total. The first kappa shape index (κ1) is 16.8. The van der Waals surface area contributed by atoms with Gasteiger partial charge in [0, 0.05) is 37.9 Å². The van der Waals surface area contributed by atoms with E-state index in [0.717, 1.165) is 22.6 Å². The maximum absolute atomic E-state index is 12.4. The molecule has 4 rings (SSSR count). The quantitative estimate of drug-likeness (QED) is 0.701. The molecule has 1 amide bonds. The van der Waals surface area contributed by atoms with Crippen LogP contribution >= 0.6 is 0 Å². The van der Waals surface area contributed by atoms with E-state index in [0.29, 0.717) is 24.4 Å². The standard InChI is InChI=1S/C20H18N4O3/c25-20(24-9-14-3-4-18-19(6-14)27-13-26-18)16-7-17(12-22-11-16)23-10-15-2-1-5-21-8-15/h1-8,11-12,23H,9-10,13H2,(H,24,25). The number of hydrogen-bond acceptors (Lipinski definition) is 6. The highest BCUT2D eigenvalue weighted by molar-refractivity contribution is 5.94. The lowest BCUT2D eigenvalue weighted by Gasteiger charge is -2.09. The third-order valence-electron chi connectivity index (χ3n) is 4.11. The molecule has 7 nitrogen and oxygen atoms in total. The molecule has 0 saturated carbocycles. The molecule has 27 heavy (non-hydrogen) atoms. The maximum atomic E-state index is 12.4. The van der Waals surface area contributed by atoms with Crippen molar-refractivity contribution in [3.05, 3.63) is 77.9 Å². The van der Waals surface area contributed by atoms with Gasteiger partial charge in [-0.15, -0.1) is 0 Å². The van der Waals surface area contributed by atoms with Gasteiger partial charge < -0.3 is 20.1 Å². The number of pyridine rings is 2. The fraction of sp³-hybridized carbons (Fsp3) is 0.150. The average molecular weight is 362 g/mol. The number of amides is 1. The molecule has 0 aliphatic carbocycles. The number of fused-ring (bicyclic) bond motifs is 1. The lowest BCUT2D eigenvalue weighted by Crippen LogP contribution is -2.23. The van der Waals surface area contributed by atoms with Gasteiger partial charge in [0.25, 0.3) is 5.91 Å². The summed E-state index contributed by atoms with van der Waals surface area (Å²) in [5, 5.41) is 6.14. The zero-order valence-corrected chi connectivity index (χ0v) is 14.5. The van der Waals surface area contributed by atoms with Crippen molar-refractivity contribution in [2.45, 2.75) is 13.1 Å². The Morgan fingerprint density at radius 3 is 2.78 bits per heavy atom. The van der Waals surface area contributed by atoms with Gasteiger partial charge in [-0.2, -0.15) is 0 Å². The Labute approximate surface area is 156 Å². The van der Waals surface area contributed by atoms with E-state index in [2.05, 4.69) is 20.6 Å². The SMILES string of the molecule is O=C(NCc1ccc2c(c1)OCO2)c1cncc(NCc2cccnc2)c1. The van der Waals surface area contributed by atoms with Gasteiger partial charge in [-0.3, -0.25) is 14.8 Å². The highest BCUT2D eigenvalue weighted by Gasteiger charge is 2.14. The second-order valence-electron chi connectivity index (χ2n) is 6.05. The Morgan fingerprint density at radius 2 is 1.89 bits per heavy atom. The predicted octanol–water partition coefficient (Wildman–Crippen LogP) is 2.75. The Morgan fingerprint density at radius 1 is 0.963 bits per heavy atom. The molecule has 0 fully saturated rings. The lowest BCUT2D eigenvalue weighted by atomic mass is 10.2. The van der Waals surface area contributed by atoms with Gasteiger partial charge in [0.2, 0.25) is 6.79 Å². The third-order valence-corrected chi connectivity index (χ3v) is 4.11. The summed E-state index contributed by atoms with van der Waals surface area (Å²) in [5.74, 6) is 1.23. The fourth-order valence-electron chi connectivity index (χ4n) is 2.70. The molecule has 1 aliphatic heterocycles. The molecule has 0 radical (unpaired) electrons. The van der Waals surface area contributed by atoms with Crippen LogP contribution in [0.1, 0.15) is 21.5 Å². The van der Waals surface area contributed by atoms with Crippen molar-refractivity contribution in [2.75, 3.05) is 12.1 Å². The molecular formula is C20H18N4O3. The van der Waals surface area contributed by atoms with Gasteiger partial charge in [0.05, 0.1) is 11.3 Å². The van der Waals surface area contributed by atoms with Crippen molar-refractivity contribution in [3.63, 3.8) is 0 Å². The van der Waals surface area contributed by atoms with Gasteiger partial charge in [-0.25, -0.2) is 0 Å². The van der Waals surface area contributed by atoms with Crippen molar-refractivity contribution in [1.29, 1.82) is 0 Å². The van der Waals surface area contributed by atoms with Crippen LogP contribution in [0.3, 0.4) is 0 Å². The largest absolute Gasteiger partial charge is 0.454 e. The molecule has 0 spiro atoms. The van der Waals surface area contributed by atoms with E-state index in [9.17, 15) is 4.79 Å². The average Bonchev–Trinajstić information content (AvgIpc) is 3.19. The van der Waals surface area contributed by atoms with Crippen molar-refractivity contribution in [2.24, 2.45) is 0 Å². The highest BCUT2D eigenvalue weighted by atomic mass is 16.7. The maximum Gasteiger partial charge on any atom is 0.253 e. The molecule has 0 saturated heterocycles. The Kier molecular flexibility index (Phi) is 4.82. The molecule has 3 heterocycles. The van der Waals surface area contributed by atoms with E-state index in [4.69, 9.17) is 9.47 Å². The third kappa shape index (κ3) is 4.14. The van der Waals surface area contributed by atoms with Crippen LogP contribution in [-0.2, 0) is 13.1 Å². The molecular weight excluding hydrogens is 344 g/mol. The number of ether oxygens (including phenoxy) is 2.